The average Bonchev–Trinajstić information content (AvgIpc) is 2.98. The average molecular weight is 279 g/mol. The molecule has 7 nitrogen and oxygen atoms in total. The van der Waals surface area contributed by atoms with Gasteiger partial charge in [0.25, 0.3) is 0 Å². The van der Waals surface area contributed by atoms with Gasteiger partial charge in [-0.15, -0.1) is 0 Å². The van der Waals surface area contributed by atoms with Crippen molar-refractivity contribution in [3.8, 4) is 11.5 Å². The lowest BCUT2D eigenvalue weighted by atomic mass is 10.3. The molecule has 1 unspecified atom stereocenters. The number of benzene rings is 1. The first kappa shape index (κ1) is 14.3. The fourth-order valence-corrected chi connectivity index (χ4v) is 1.56. The molecular weight excluding hydrogens is 262 g/mol. The van der Waals surface area contributed by atoms with Crippen LogP contribution >= 0.6 is 0 Å². The fraction of sp³-hybridized carbons (Fsp3) is 0.385. The quantitative estimate of drug-likeness (QED) is 0.731. The minimum Gasteiger partial charge on any atom is -0.497 e. The highest BCUT2D eigenvalue weighted by Crippen LogP contribution is 2.18. The van der Waals surface area contributed by atoms with Crippen LogP contribution in [0.5, 0.6) is 11.5 Å². The predicted molar refractivity (Wildman–Crippen MR) is 70.5 cm³/mol. The maximum Gasteiger partial charge on any atom is 0.213 e. The lowest BCUT2D eigenvalue weighted by molar-refractivity contribution is 0.106. The number of aliphatic hydroxyl groups excluding tert-OH is 1. The topological polar surface area (TPSA) is 89.6 Å². The Morgan fingerprint density at radius 1 is 1.40 bits per heavy atom. The van der Waals surface area contributed by atoms with Crippen LogP contribution in [0, 0.1) is 0 Å². The van der Waals surface area contributed by atoms with Crippen molar-refractivity contribution in [2.24, 2.45) is 0 Å². The lowest BCUT2D eigenvalue weighted by Crippen LogP contribution is -2.31. The number of hydrogen-bond acceptors (Lipinski definition) is 7. The Hall–Kier alpha value is -2.12. The largest absolute Gasteiger partial charge is 0.497 e. The molecule has 0 spiro atoms. The standard InChI is InChI=1S/C13H17N3O4/c1-18-11-3-2-4-12(5-11)19-8-10(17)6-14-7-13-15-9-20-16-13/h2-5,9-10,14,17H,6-8H2,1H3. The van der Waals surface area contributed by atoms with Gasteiger partial charge in [-0.05, 0) is 12.1 Å². The summed E-state index contributed by atoms with van der Waals surface area (Å²) in [6.07, 6.45) is 0.632. The summed E-state index contributed by atoms with van der Waals surface area (Å²) >= 11 is 0. The molecular formula is C13H17N3O4. The summed E-state index contributed by atoms with van der Waals surface area (Å²) in [6, 6.07) is 7.23. The second-order valence-electron chi connectivity index (χ2n) is 4.12. The van der Waals surface area contributed by atoms with E-state index in [1.54, 1.807) is 13.2 Å². The van der Waals surface area contributed by atoms with Crippen LogP contribution in [0.3, 0.4) is 0 Å². The van der Waals surface area contributed by atoms with E-state index in [9.17, 15) is 5.11 Å². The molecule has 7 heteroatoms. The van der Waals surface area contributed by atoms with E-state index in [0.717, 1.165) is 0 Å². The summed E-state index contributed by atoms with van der Waals surface area (Å²) < 4.78 is 15.2. The Kier molecular flexibility index (Phi) is 5.33. The lowest BCUT2D eigenvalue weighted by Gasteiger charge is -2.13. The third kappa shape index (κ3) is 4.52. The molecule has 1 aromatic carbocycles. The maximum absolute atomic E-state index is 9.78. The number of hydrogen-bond donors (Lipinski definition) is 2. The summed E-state index contributed by atoms with van der Waals surface area (Å²) in [5, 5.41) is 16.4. The van der Waals surface area contributed by atoms with Crippen LogP contribution < -0.4 is 14.8 Å². The van der Waals surface area contributed by atoms with E-state index in [-0.39, 0.29) is 6.61 Å². The van der Waals surface area contributed by atoms with Gasteiger partial charge in [-0.25, -0.2) is 0 Å². The van der Waals surface area contributed by atoms with E-state index >= 15 is 0 Å². The van der Waals surface area contributed by atoms with Crippen molar-refractivity contribution in [3.63, 3.8) is 0 Å². The summed E-state index contributed by atoms with van der Waals surface area (Å²) in [5.41, 5.74) is 0. The Morgan fingerprint density at radius 3 is 3.00 bits per heavy atom. The Balaban J connectivity index is 1.67. The Labute approximate surface area is 116 Å². The number of methoxy groups -OCH3 is 1. The minimum atomic E-state index is -0.631. The zero-order chi connectivity index (χ0) is 14.2. The summed E-state index contributed by atoms with van der Waals surface area (Å²) in [7, 11) is 1.59. The molecule has 2 N–H and O–H groups in total. The second kappa shape index (κ2) is 7.46. The van der Waals surface area contributed by atoms with E-state index in [4.69, 9.17) is 9.47 Å². The molecule has 0 radical (unpaired) electrons. The van der Waals surface area contributed by atoms with Crippen molar-refractivity contribution in [2.45, 2.75) is 12.6 Å². The zero-order valence-electron chi connectivity index (χ0n) is 11.2. The minimum absolute atomic E-state index is 0.187. The van der Waals surface area contributed by atoms with Gasteiger partial charge in [-0.1, -0.05) is 11.2 Å². The molecule has 0 aliphatic rings. The van der Waals surface area contributed by atoms with Gasteiger partial charge in [-0.2, -0.15) is 4.98 Å². The second-order valence-corrected chi connectivity index (χ2v) is 4.12. The van der Waals surface area contributed by atoms with Gasteiger partial charge in [0, 0.05) is 12.6 Å². The number of aromatic nitrogens is 2. The predicted octanol–water partition coefficient (Wildman–Crippen LogP) is 0.608. The van der Waals surface area contributed by atoms with E-state index in [1.165, 1.54) is 6.39 Å². The monoisotopic (exact) mass is 279 g/mol. The van der Waals surface area contributed by atoms with E-state index < -0.39 is 6.10 Å². The van der Waals surface area contributed by atoms with Crippen LogP contribution in [0.4, 0.5) is 0 Å². The van der Waals surface area contributed by atoms with Gasteiger partial charge in [0.05, 0.1) is 13.7 Å². The summed E-state index contributed by atoms with van der Waals surface area (Å²) in [5.74, 6) is 1.92. The molecule has 2 aromatic rings. The Bertz CT molecular complexity index is 504. The molecule has 0 bridgehead atoms. The zero-order valence-corrected chi connectivity index (χ0v) is 11.2. The van der Waals surface area contributed by atoms with Crippen LogP contribution in [-0.4, -0.2) is 41.6 Å². The molecule has 0 fully saturated rings. The van der Waals surface area contributed by atoms with Crippen molar-refractivity contribution < 1.29 is 19.1 Å². The van der Waals surface area contributed by atoms with Crippen molar-refractivity contribution in [1.29, 1.82) is 0 Å². The van der Waals surface area contributed by atoms with Gasteiger partial charge in [-0.3, -0.25) is 0 Å². The molecule has 0 aliphatic carbocycles. The third-order valence-corrected chi connectivity index (χ3v) is 2.55. The van der Waals surface area contributed by atoms with Crippen LogP contribution in [-0.2, 0) is 6.54 Å². The molecule has 0 saturated heterocycles. The number of aliphatic hydroxyl groups is 1. The smallest absolute Gasteiger partial charge is 0.213 e. The van der Waals surface area contributed by atoms with Crippen LogP contribution in [0.25, 0.3) is 0 Å². The molecule has 20 heavy (non-hydrogen) atoms. The SMILES string of the molecule is COc1cccc(OCC(O)CNCc2ncon2)c1. The fourth-order valence-electron chi connectivity index (χ4n) is 1.56. The molecule has 1 aromatic heterocycles. The Morgan fingerprint density at radius 2 is 2.25 bits per heavy atom. The first-order chi connectivity index (χ1) is 9.78. The molecule has 2 rings (SSSR count). The highest BCUT2D eigenvalue weighted by Gasteiger charge is 2.06. The number of rotatable bonds is 8. The third-order valence-electron chi connectivity index (χ3n) is 2.55. The van der Waals surface area contributed by atoms with Gasteiger partial charge in [0.15, 0.2) is 5.82 Å². The van der Waals surface area contributed by atoms with Gasteiger partial charge >= 0.3 is 0 Å². The highest BCUT2D eigenvalue weighted by atomic mass is 16.5. The van der Waals surface area contributed by atoms with Crippen molar-refractivity contribution >= 4 is 0 Å². The van der Waals surface area contributed by atoms with Gasteiger partial charge < -0.3 is 24.4 Å². The van der Waals surface area contributed by atoms with Crippen LogP contribution in [0.15, 0.2) is 35.2 Å². The first-order valence-electron chi connectivity index (χ1n) is 6.19. The first-order valence-corrected chi connectivity index (χ1v) is 6.19. The number of nitrogens with one attached hydrogen (secondary N) is 1. The highest BCUT2D eigenvalue weighted by molar-refractivity contribution is 5.32. The normalized spacial score (nSPS) is 12.1. The summed E-state index contributed by atoms with van der Waals surface area (Å²) in [4.78, 5) is 3.86. The van der Waals surface area contributed by atoms with Gasteiger partial charge in [0.1, 0.15) is 24.2 Å². The molecule has 0 saturated carbocycles. The van der Waals surface area contributed by atoms with Crippen molar-refractivity contribution in [2.75, 3.05) is 20.3 Å². The number of ether oxygens (including phenoxy) is 2. The van der Waals surface area contributed by atoms with Crippen LogP contribution in [0.2, 0.25) is 0 Å². The maximum atomic E-state index is 9.78. The molecule has 1 heterocycles. The van der Waals surface area contributed by atoms with E-state index in [1.807, 2.05) is 18.2 Å². The molecule has 0 aliphatic heterocycles. The molecule has 1 atom stereocenters. The number of nitrogens with zero attached hydrogens (tertiary/aromatic N) is 2. The van der Waals surface area contributed by atoms with E-state index in [2.05, 4.69) is 20.0 Å². The molecule has 0 amide bonds. The molecule has 108 valence electrons. The van der Waals surface area contributed by atoms with Crippen molar-refractivity contribution in [3.05, 3.63) is 36.5 Å². The van der Waals surface area contributed by atoms with Crippen molar-refractivity contribution in [1.82, 2.24) is 15.5 Å². The van der Waals surface area contributed by atoms with E-state index in [0.29, 0.717) is 30.4 Å². The van der Waals surface area contributed by atoms with Crippen LogP contribution in [0.1, 0.15) is 5.82 Å². The van der Waals surface area contributed by atoms with Gasteiger partial charge in [0.2, 0.25) is 6.39 Å². The summed E-state index contributed by atoms with van der Waals surface area (Å²) in [6.45, 7) is 0.998.